The molecule has 1 saturated heterocycles. The predicted octanol–water partition coefficient (Wildman–Crippen LogP) is 3.09. The highest BCUT2D eigenvalue weighted by molar-refractivity contribution is 5.75. The molecule has 4 aliphatic carbocycles. The second kappa shape index (κ2) is 4.28. The molecule has 3 heteroatoms. The topological polar surface area (TPSA) is 29.5 Å². The fraction of sp³-hybridized carbons (Fsp3) is 0.947. The fourth-order valence-electron chi connectivity index (χ4n) is 6.67. The normalized spacial score (nSPS) is 46.5. The summed E-state index contributed by atoms with van der Waals surface area (Å²) < 4.78 is 6.10. The number of nitrogens with zero attached hydrogens (tertiary/aromatic N) is 1. The molecule has 1 heterocycles. The van der Waals surface area contributed by atoms with Crippen LogP contribution < -0.4 is 0 Å². The maximum atomic E-state index is 12.5. The van der Waals surface area contributed by atoms with E-state index in [0.717, 1.165) is 12.5 Å². The lowest BCUT2D eigenvalue weighted by molar-refractivity contribution is -0.147. The van der Waals surface area contributed by atoms with E-state index in [1.807, 2.05) is 0 Å². The lowest BCUT2D eigenvalue weighted by Gasteiger charge is -2.33. The van der Waals surface area contributed by atoms with E-state index in [9.17, 15) is 4.79 Å². The summed E-state index contributed by atoms with van der Waals surface area (Å²) in [6, 6.07) is 0. The Kier molecular flexibility index (Phi) is 2.69. The second-order valence-corrected chi connectivity index (χ2v) is 9.37. The summed E-state index contributed by atoms with van der Waals surface area (Å²) in [7, 11) is 4.17. The zero-order chi connectivity index (χ0) is 15.1. The number of carbonyl (C=O) groups excluding carboxylic acids is 1. The summed E-state index contributed by atoms with van der Waals surface area (Å²) in [5.41, 5.74) is 1.25. The molecule has 0 N–H and O–H groups in total. The quantitative estimate of drug-likeness (QED) is 0.734. The third-order valence-corrected chi connectivity index (χ3v) is 8.05. The molecule has 0 aromatic heterocycles. The van der Waals surface area contributed by atoms with E-state index in [1.165, 1.54) is 51.4 Å². The molecule has 5 rings (SSSR count). The maximum Gasteiger partial charge on any atom is 0.310 e. The highest BCUT2D eigenvalue weighted by Gasteiger charge is 2.69. The fourth-order valence-corrected chi connectivity index (χ4v) is 6.67. The van der Waals surface area contributed by atoms with Gasteiger partial charge in [0.2, 0.25) is 0 Å². The van der Waals surface area contributed by atoms with E-state index in [4.69, 9.17) is 4.74 Å². The monoisotopic (exact) mass is 303 g/mol. The third-order valence-electron chi connectivity index (χ3n) is 8.05. The number of carbonyl (C=O) groups is 1. The van der Waals surface area contributed by atoms with Crippen LogP contribution in [0.1, 0.15) is 51.4 Å². The van der Waals surface area contributed by atoms with Gasteiger partial charge in [-0.25, -0.2) is 0 Å². The Labute approximate surface area is 133 Å². The molecule has 0 bridgehead atoms. The molecular weight excluding hydrogens is 274 g/mol. The molecule has 0 amide bonds. The molecule has 3 nitrogen and oxygen atoms in total. The van der Waals surface area contributed by atoms with Gasteiger partial charge >= 0.3 is 5.97 Å². The maximum absolute atomic E-state index is 12.5. The zero-order valence-corrected chi connectivity index (χ0v) is 14.0. The van der Waals surface area contributed by atoms with Crippen LogP contribution in [-0.4, -0.2) is 37.6 Å². The van der Waals surface area contributed by atoms with Crippen molar-refractivity contribution in [1.29, 1.82) is 0 Å². The molecule has 122 valence electrons. The van der Waals surface area contributed by atoms with Crippen LogP contribution in [0.25, 0.3) is 0 Å². The summed E-state index contributed by atoms with van der Waals surface area (Å²) in [6.07, 6.45) is 11.4. The second-order valence-electron chi connectivity index (χ2n) is 9.37. The lowest BCUT2D eigenvalue weighted by Crippen LogP contribution is -2.36. The van der Waals surface area contributed by atoms with Gasteiger partial charge in [-0.05, 0) is 82.2 Å². The number of hydrogen-bond donors (Lipinski definition) is 0. The molecule has 5 aliphatic rings. The van der Waals surface area contributed by atoms with Gasteiger partial charge in [0, 0.05) is 18.4 Å². The van der Waals surface area contributed by atoms with Crippen LogP contribution in [0.2, 0.25) is 0 Å². The van der Waals surface area contributed by atoms with Crippen LogP contribution in [0.5, 0.6) is 0 Å². The molecule has 1 aliphatic heterocycles. The summed E-state index contributed by atoms with van der Waals surface area (Å²) >= 11 is 0. The van der Waals surface area contributed by atoms with Crippen molar-refractivity contribution >= 4 is 5.97 Å². The molecule has 0 aromatic rings. The van der Waals surface area contributed by atoms with Crippen LogP contribution in [0, 0.1) is 34.5 Å². The van der Waals surface area contributed by atoms with Crippen molar-refractivity contribution in [1.82, 2.24) is 4.90 Å². The minimum absolute atomic E-state index is 0.108. The molecular formula is C19H29NO2. The summed E-state index contributed by atoms with van der Waals surface area (Å²) in [6.45, 7) is 0.872. The van der Waals surface area contributed by atoms with Crippen LogP contribution >= 0.6 is 0 Å². The third kappa shape index (κ3) is 1.75. The Hall–Kier alpha value is -0.570. The van der Waals surface area contributed by atoms with Gasteiger partial charge in [-0.1, -0.05) is 0 Å². The number of rotatable bonds is 2. The number of fused-ring (bicyclic) bond motifs is 5. The Morgan fingerprint density at radius 3 is 2.36 bits per heavy atom. The van der Waals surface area contributed by atoms with Crippen molar-refractivity contribution in [3.8, 4) is 0 Å². The largest absolute Gasteiger partial charge is 0.461 e. The van der Waals surface area contributed by atoms with Crippen molar-refractivity contribution in [2.24, 2.45) is 34.5 Å². The molecule has 22 heavy (non-hydrogen) atoms. The van der Waals surface area contributed by atoms with Crippen molar-refractivity contribution in [2.75, 3.05) is 20.6 Å². The van der Waals surface area contributed by atoms with Gasteiger partial charge in [0.05, 0.1) is 5.92 Å². The van der Waals surface area contributed by atoms with E-state index in [2.05, 4.69) is 19.0 Å². The Balaban J connectivity index is 1.50. The van der Waals surface area contributed by atoms with Crippen molar-refractivity contribution in [2.45, 2.75) is 57.5 Å². The first kappa shape index (κ1) is 13.8. The number of hydrogen-bond acceptors (Lipinski definition) is 3. The Morgan fingerprint density at radius 2 is 1.73 bits per heavy atom. The SMILES string of the molecule is CN(C)C[C@@H]1C(=O)O[C@H]2C1CCC1(CC1)[C@@H]1CCC3(CC3)[C@@H]12. The molecule has 5 atom stereocenters. The average molecular weight is 303 g/mol. The van der Waals surface area contributed by atoms with Gasteiger partial charge in [0.25, 0.3) is 0 Å². The summed E-state index contributed by atoms with van der Waals surface area (Å²) in [4.78, 5) is 14.7. The van der Waals surface area contributed by atoms with Crippen LogP contribution in [0.4, 0.5) is 0 Å². The van der Waals surface area contributed by atoms with Gasteiger partial charge in [0.1, 0.15) is 6.10 Å². The van der Waals surface area contributed by atoms with Gasteiger partial charge in [-0.2, -0.15) is 0 Å². The van der Waals surface area contributed by atoms with Crippen LogP contribution in [0.3, 0.4) is 0 Å². The average Bonchev–Trinajstić information content (AvgIpc) is 3.34. The minimum atomic E-state index is 0.108. The highest BCUT2D eigenvalue weighted by Crippen LogP contribution is 2.74. The van der Waals surface area contributed by atoms with E-state index >= 15 is 0 Å². The van der Waals surface area contributed by atoms with Crippen molar-refractivity contribution in [3.63, 3.8) is 0 Å². The highest BCUT2D eigenvalue weighted by atomic mass is 16.6. The first-order valence-corrected chi connectivity index (χ1v) is 9.40. The molecule has 1 unspecified atom stereocenters. The first-order valence-electron chi connectivity index (χ1n) is 9.40. The molecule has 0 radical (unpaired) electrons. The standard InChI is InChI=1S/C19H29NO2/c1-20(2)11-13-12-3-5-18(7-8-18)14-4-6-19(9-10-19)15(14)16(12)22-17(13)21/h12-16H,3-11H2,1-2H3/t12?,13-,14+,15-,16-/m0/s1. The molecule has 4 saturated carbocycles. The lowest BCUT2D eigenvalue weighted by atomic mass is 9.73. The summed E-state index contributed by atoms with van der Waals surface area (Å²) in [5, 5.41) is 0. The molecule has 5 fully saturated rings. The van der Waals surface area contributed by atoms with Gasteiger partial charge in [-0.3, -0.25) is 4.79 Å². The van der Waals surface area contributed by atoms with Gasteiger partial charge in [-0.15, -0.1) is 0 Å². The van der Waals surface area contributed by atoms with E-state index in [-0.39, 0.29) is 18.0 Å². The minimum Gasteiger partial charge on any atom is -0.461 e. The van der Waals surface area contributed by atoms with Gasteiger partial charge in [0.15, 0.2) is 0 Å². The predicted molar refractivity (Wildman–Crippen MR) is 84.2 cm³/mol. The number of ether oxygens (including phenoxy) is 1. The van der Waals surface area contributed by atoms with E-state index in [1.54, 1.807) is 0 Å². The van der Waals surface area contributed by atoms with Crippen LogP contribution in [-0.2, 0) is 9.53 Å². The molecule has 2 spiro atoms. The summed E-state index contributed by atoms with van der Waals surface area (Å²) in [5.74, 6) is 2.32. The van der Waals surface area contributed by atoms with E-state index in [0.29, 0.717) is 22.7 Å². The Morgan fingerprint density at radius 1 is 1.05 bits per heavy atom. The van der Waals surface area contributed by atoms with E-state index < -0.39 is 0 Å². The van der Waals surface area contributed by atoms with Crippen molar-refractivity contribution in [3.05, 3.63) is 0 Å². The van der Waals surface area contributed by atoms with Gasteiger partial charge < -0.3 is 9.64 Å². The van der Waals surface area contributed by atoms with Crippen molar-refractivity contribution < 1.29 is 9.53 Å². The Bertz CT molecular complexity index is 506. The molecule has 0 aromatic carbocycles. The smallest absolute Gasteiger partial charge is 0.310 e. The zero-order valence-electron chi connectivity index (χ0n) is 14.0. The number of esters is 1. The van der Waals surface area contributed by atoms with Crippen LogP contribution in [0.15, 0.2) is 0 Å². The first-order chi connectivity index (χ1) is 10.5.